The molecule has 3 aromatic heterocycles. The zero-order valence-corrected chi connectivity index (χ0v) is 20.1. The number of fused-ring (bicyclic) bond motifs is 2. The number of pyridine rings is 1. The molecule has 0 bridgehead atoms. The van der Waals surface area contributed by atoms with Gasteiger partial charge in [-0.2, -0.15) is 0 Å². The summed E-state index contributed by atoms with van der Waals surface area (Å²) in [7, 11) is 0. The lowest BCUT2D eigenvalue weighted by atomic mass is 9.99. The first-order valence-electron chi connectivity index (χ1n) is 11.2. The van der Waals surface area contributed by atoms with E-state index in [1.165, 1.54) is 17.7 Å². The Morgan fingerprint density at radius 1 is 1.00 bits per heavy atom. The molecule has 3 heterocycles. The standard InChI is InChI=1S/C27H23N5O2S/c1-3-22(33)17-7-5-16(6-8-17)12-21-18-9-4-15(2)23(19(18)10-11-29-21)32-27(34)20-13-35-25-24(20)30-14-31-26(25)28/h4-11,13-14H,3,12H2,1-2H3,(H,32,34)(H2,28,30,31). The Kier molecular flexibility index (Phi) is 5.96. The van der Waals surface area contributed by atoms with Crippen molar-refractivity contribution in [3.63, 3.8) is 0 Å². The van der Waals surface area contributed by atoms with Crippen LogP contribution in [0, 0.1) is 6.92 Å². The number of nitrogen functional groups attached to an aromatic ring is 1. The second kappa shape index (κ2) is 9.23. The molecular formula is C27H23N5O2S. The number of amides is 1. The van der Waals surface area contributed by atoms with Gasteiger partial charge in [-0.25, -0.2) is 9.97 Å². The molecule has 174 valence electrons. The van der Waals surface area contributed by atoms with E-state index in [0.717, 1.165) is 38.8 Å². The fourth-order valence-electron chi connectivity index (χ4n) is 4.15. The van der Waals surface area contributed by atoms with Crippen molar-refractivity contribution in [2.45, 2.75) is 26.7 Å². The summed E-state index contributed by atoms with van der Waals surface area (Å²) in [5, 5.41) is 6.72. The highest BCUT2D eigenvalue weighted by Gasteiger charge is 2.18. The van der Waals surface area contributed by atoms with Crippen LogP contribution in [-0.2, 0) is 6.42 Å². The molecule has 5 rings (SSSR count). The van der Waals surface area contributed by atoms with E-state index in [1.54, 1.807) is 11.6 Å². The largest absolute Gasteiger partial charge is 0.382 e. The van der Waals surface area contributed by atoms with Gasteiger partial charge in [0, 0.05) is 40.8 Å². The molecule has 0 aliphatic heterocycles. The van der Waals surface area contributed by atoms with E-state index in [0.29, 0.717) is 34.4 Å². The van der Waals surface area contributed by atoms with Crippen molar-refractivity contribution in [2.24, 2.45) is 0 Å². The predicted octanol–water partition coefficient (Wildman–Crippen LogP) is 5.57. The molecule has 8 heteroatoms. The number of hydrogen-bond donors (Lipinski definition) is 2. The fourth-order valence-corrected chi connectivity index (χ4v) is 5.05. The summed E-state index contributed by atoms with van der Waals surface area (Å²) < 4.78 is 0.699. The molecule has 3 N–H and O–H groups in total. The zero-order chi connectivity index (χ0) is 24.5. The van der Waals surface area contributed by atoms with Gasteiger partial charge in [0.25, 0.3) is 5.91 Å². The molecule has 0 spiro atoms. The molecule has 0 saturated heterocycles. The molecule has 0 aliphatic carbocycles. The molecule has 0 fully saturated rings. The number of aryl methyl sites for hydroxylation is 1. The summed E-state index contributed by atoms with van der Waals surface area (Å²) >= 11 is 1.35. The Hall–Kier alpha value is -4.17. The Labute approximate surface area is 206 Å². The molecule has 5 aromatic rings. The maximum atomic E-state index is 13.2. The number of carbonyl (C=O) groups is 2. The van der Waals surface area contributed by atoms with Crippen molar-refractivity contribution in [3.8, 4) is 0 Å². The molecule has 0 saturated carbocycles. The van der Waals surface area contributed by atoms with E-state index in [1.807, 2.05) is 56.3 Å². The van der Waals surface area contributed by atoms with Crippen LogP contribution >= 0.6 is 11.3 Å². The van der Waals surface area contributed by atoms with Crippen LogP contribution in [0.2, 0.25) is 0 Å². The number of carbonyl (C=O) groups excluding carboxylic acids is 2. The zero-order valence-electron chi connectivity index (χ0n) is 19.3. The number of anilines is 2. The fraction of sp³-hybridized carbons (Fsp3) is 0.148. The highest BCUT2D eigenvalue weighted by atomic mass is 32.1. The highest BCUT2D eigenvalue weighted by Crippen LogP contribution is 2.32. The molecular weight excluding hydrogens is 458 g/mol. The van der Waals surface area contributed by atoms with Gasteiger partial charge in [0.1, 0.15) is 12.1 Å². The minimum absolute atomic E-state index is 0.128. The summed E-state index contributed by atoms with van der Waals surface area (Å²) in [6.07, 6.45) is 4.22. The SMILES string of the molecule is CCC(=O)c1ccc(Cc2nccc3c(NC(=O)c4csc5c(N)ncnc45)c(C)ccc23)cc1. The lowest BCUT2D eigenvalue weighted by molar-refractivity contribution is 0.0986. The normalized spacial score (nSPS) is 11.1. The van der Waals surface area contributed by atoms with Crippen LogP contribution in [0.15, 0.2) is 60.4 Å². The van der Waals surface area contributed by atoms with Crippen molar-refractivity contribution in [2.75, 3.05) is 11.1 Å². The Bertz CT molecular complexity index is 1590. The Morgan fingerprint density at radius 2 is 1.80 bits per heavy atom. The van der Waals surface area contributed by atoms with Gasteiger partial charge in [0.05, 0.1) is 27.2 Å². The van der Waals surface area contributed by atoms with Crippen LogP contribution in [0.25, 0.3) is 21.0 Å². The number of nitrogens with one attached hydrogen (secondary N) is 1. The Morgan fingerprint density at radius 3 is 2.57 bits per heavy atom. The van der Waals surface area contributed by atoms with Gasteiger partial charge >= 0.3 is 0 Å². The topological polar surface area (TPSA) is 111 Å². The summed E-state index contributed by atoms with van der Waals surface area (Å²) in [5.74, 6) is 0.242. The van der Waals surface area contributed by atoms with Gasteiger partial charge in [-0.15, -0.1) is 11.3 Å². The van der Waals surface area contributed by atoms with Gasteiger partial charge in [-0.05, 0) is 24.1 Å². The second-order valence-electron chi connectivity index (χ2n) is 8.30. The number of benzene rings is 2. The second-order valence-corrected chi connectivity index (χ2v) is 9.18. The number of nitrogens with zero attached hydrogens (tertiary/aromatic N) is 3. The number of aromatic nitrogens is 3. The molecule has 0 unspecified atom stereocenters. The lowest BCUT2D eigenvalue weighted by Crippen LogP contribution is -2.13. The monoisotopic (exact) mass is 481 g/mol. The number of rotatable bonds is 6. The predicted molar refractivity (Wildman–Crippen MR) is 140 cm³/mol. The third-order valence-electron chi connectivity index (χ3n) is 6.07. The van der Waals surface area contributed by atoms with Crippen LogP contribution in [0.5, 0.6) is 0 Å². The van der Waals surface area contributed by atoms with Gasteiger partial charge in [0.2, 0.25) is 0 Å². The summed E-state index contributed by atoms with van der Waals surface area (Å²) in [4.78, 5) is 38.0. The number of thiophene rings is 1. The third kappa shape index (κ3) is 4.24. The first-order valence-corrected chi connectivity index (χ1v) is 12.1. The number of Topliss-reactive ketones (excluding diaryl/α,β-unsaturated/α-hetero) is 1. The minimum atomic E-state index is -0.250. The number of nitrogens with two attached hydrogens (primary N) is 1. The minimum Gasteiger partial charge on any atom is -0.382 e. The van der Waals surface area contributed by atoms with E-state index in [4.69, 9.17) is 5.73 Å². The smallest absolute Gasteiger partial charge is 0.258 e. The van der Waals surface area contributed by atoms with Gasteiger partial charge in [-0.1, -0.05) is 43.3 Å². The van der Waals surface area contributed by atoms with Crippen LogP contribution in [0.3, 0.4) is 0 Å². The Balaban J connectivity index is 1.48. The summed E-state index contributed by atoms with van der Waals surface area (Å²) in [6, 6.07) is 13.6. The first kappa shape index (κ1) is 22.6. The van der Waals surface area contributed by atoms with E-state index in [2.05, 4.69) is 20.3 Å². The molecule has 0 atom stereocenters. The molecule has 1 amide bonds. The summed E-state index contributed by atoms with van der Waals surface area (Å²) in [5.41, 5.74) is 11.3. The van der Waals surface area contributed by atoms with Crippen LogP contribution in [0.1, 0.15) is 50.9 Å². The highest BCUT2D eigenvalue weighted by molar-refractivity contribution is 7.18. The van der Waals surface area contributed by atoms with Gasteiger partial charge in [-0.3, -0.25) is 14.6 Å². The number of ketones is 1. The van der Waals surface area contributed by atoms with Crippen LogP contribution in [0.4, 0.5) is 11.5 Å². The molecule has 2 aromatic carbocycles. The maximum Gasteiger partial charge on any atom is 0.258 e. The van der Waals surface area contributed by atoms with E-state index >= 15 is 0 Å². The third-order valence-corrected chi connectivity index (χ3v) is 7.06. The van der Waals surface area contributed by atoms with Crippen molar-refractivity contribution < 1.29 is 9.59 Å². The van der Waals surface area contributed by atoms with Crippen LogP contribution < -0.4 is 11.1 Å². The first-order chi connectivity index (χ1) is 17.0. The quantitative estimate of drug-likeness (QED) is 0.307. The molecule has 35 heavy (non-hydrogen) atoms. The molecule has 0 radical (unpaired) electrons. The molecule has 0 aliphatic rings. The van der Waals surface area contributed by atoms with E-state index in [-0.39, 0.29) is 11.7 Å². The van der Waals surface area contributed by atoms with Crippen molar-refractivity contribution in [1.82, 2.24) is 15.0 Å². The lowest BCUT2D eigenvalue weighted by Gasteiger charge is -2.14. The number of hydrogen-bond acceptors (Lipinski definition) is 7. The average molecular weight is 482 g/mol. The molecule has 7 nitrogen and oxygen atoms in total. The van der Waals surface area contributed by atoms with E-state index < -0.39 is 0 Å². The van der Waals surface area contributed by atoms with E-state index in [9.17, 15) is 9.59 Å². The average Bonchev–Trinajstić information content (AvgIpc) is 3.31. The van der Waals surface area contributed by atoms with Gasteiger partial charge in [0.15, 0.2) is 5.78 Å². The van der Waals surface area contributed by atoms with Crippen molar-refractivity contribution >= 4 is 55.5 Å². The van der Waals surface area contributed by atoms with Crippen molar-refractivity contribution in [3.05, 3.63) is 88.3 Å². The maximum absolute atomic E-state index is 13.2. The summed E-state index contributed by atoms with van der Waals surface area (Å²) in [6.45, 7) is 3.82. The van der Waals surface area contributed by atoms with Crippen molar-refractivity contribution in [1.29, 1.82) is 0 Å². The van der Waals surface area contributed by atoms with Gasteiger partial charge < -0.3 is 11.1 Å². The van der Waals surface area contributed by atoms with Crippen LogP contribution in [-0.4, -0.2) is 26.6 Å².